The van der Waals surface area contributed by atoms with Gasteiger partial charge in [0.05, 0.1) is 5.25 Å². The van der Waals surface area contributed by atoms with Gasteiger partial charge in [0.2, 0.25) is 10.0 Å². The van der Waals surface area contributed by atoms with E-state index in [0.717, 1.165) is 10.0 Å². The zero-order chi connectivity index (χ0) is 14.9. The van der Waals surface area contributed by atoms with Crippen molar-refractivity contribution in [3.8, 4) is 0 Å². The Morgan fingerprint density at radius 3 is 2.75 bits per heavy atom. The molecule has 1 heterocycles. The number of amides is 1. The summed E-state index contributed by atoms with van der Waals surface area (Å²) in [6.07, 6.45) is 1.17. The van der Waals surface area contributed by atoms with Crippen molar-refractivity contribution in [1.29, 1.82) is 0 Å². The molecule has 1 aliphatic rings. The van der Waals surface area contributed by atoms with Crippen molar-refractivity contribution in [2.75, 3.05) is 13.1 Å². The molecule has 1 unspecified atom stereocenters. The first-order chi connectivity index (χ1) is 9.29. The third-order valence-corrected chi connectivity index (χ3v) is 5.36. The Kier molecular flexibility index (Phi) is 4.51. The highest BCUT2D eigenvalue weighted by Crippen LogP contribution is 2.21. The molecule has 1 amide bonds. The average molecular weight is 361 g/mol. The molecule has 0 bridgehead atoms. The van der Waals surface area contributed by atoms with Gasteiger partial charge in [-0.15, -0.1) is 0 Å². The second-order valence-electron chi connectivity index (χ2n) is 5.06. The highest BCUT2D eigenvalue weighted by Gasteiger charge is 2.31. The molecule has 1 saturated heterocycles. The van der Waals surface area contributed by atoms with Crippen molar-refractivity contribution in [1.82, 2.24) is 4.90 Å². The van der Waals surface area contributed by atoms with Crippen LogP contribution in [0.3, 0.4) is 0 Å². The minimum absolute atomic E-state index is 0.136. The molecule has 0 aliphatic carbocycles. The number of carbonyl (C=O) groups is 1. The molecular weight excluding hydrogens is 344 g/mol. The molecule has 1 aliphatic heterocycles. The topological polar surface area (TPSA) is 80.5 Å². The summed E-state index contributed by atoms with van der Waals surface area (Å²) in [6.45, 7) is 2.60. The van der Waals surface area contributed by atoms with E-state index in [1.807, 2.05) is 13.0 Å². The molecule has 0 radical (unpaired) electrons. The van der Waals surface area contributed by atoms with Crippen LogP contribution >= 0.6 is 15.9 Å². The number of primary sulfonamides is 1. The van der Waals surface area contributed by atoms with E-state index in [9.17, 15) is 13.2 Å². The molecule has 110 valence electrons. The van der Waals surface area contributed by atoms with Crippen LogP contribution in [0.15, 0.2) is 22.7 Å². The van der Waals surface area contributed by atoms with E-state index >= 15 is 0 Å². The van der Waals surface area contributed by atoms with Crippen LogP contribution in [0.25, 0.3) is 0 Å². The van der Waals surface area contributed by atoms with E-state index in [1.165, 1.54) is 0 Å². The molecule has 0 spiro atoms. The quantitative estimate of drug-likeness (QED) is 0.870. The van der Waals surface area contributed by atoms with Gasteiger partial charge in [-0.05, 0) is 43.5 Å². The number of rotatable bonds is 2. The zero-order valence-corrected chi connectivity index (χ0v) is 13.6. The molecule has 0 saturated carbocycles. The number of hydrogen-bond donors (Lipinski definition) is 1. The number of halogens is 1. The van der Waals surface area contributed by atoms with Crippen LogP contribution in [0.5, 0.6) is 0 Å². The first-order valence-corrected chi connectivity index (χ1v) is 8.76. The van der Waals surface area contributed by atoms with Gasteiger partial charge in [-0.25, -0.2) is 13.6 Å². The van der Waals surface area contributed by atoms with E-state index in [2.05, 4.69) is 15.9 Å². The first-order valence-electron chi connectivity index (χ1n) is 6.36. The lowest BCUT2D eigenvalue weighted by Gasteiger charge is -2.32. The number of benzene rings is 1. The predicted octanol–water partition coefficient (Wildman–Crippen LogP) is 1.65. The Hall–Kier alpha value is -0.920. The van der Waals surface area contributed by atoms with Gasteiger partial charge >= 0.3 is 0 Å². The molecular formula is C13H17BrN2O3S. The van der Waals surface area contributed by atoms with Crippen LogP contribution in [0.1, 0.15) is 28.8 Å². The Morgan fingerprint density at radius 1 is 1.45 bits per heavy atom. The molecule has 0 aromatic heterocycles. The number of hydrogen-bond acceptors (Lipinski definition) is 3. The third kappa shape index (κ3) is 3.39. The van der Waals surface area contributed by atoms with Crippen molar-refractivity contribution >= 4 is 31.9 Å². The van der Waals surface area contributed by atoms with E-state index < -0.39 is 15.3 Å². The molecule has 1 fully saturated rings. The first kappa shape index (κ1) is 15.5. The standard InChI is InChI=1S/C13H17BrN2O3S/c1-9-7-10(14)4-5-12(9)13(17)16-6-2-3-11(8-16)20(15,18)19/h4-5,7,11H,2-3,6,8H2,1H3,(H2,15,18,19). The summed E-state index contributed by atoms with van der Waals surface area (Å²) in [7, 11) is -3.59. The summed E-state index contributed by atoms with van der Waals surface area (Å²) >= 11 is 3.36. The largest absolute Gasteiger partial charge is 0.337 e. The van der Waals surface area contributed by atoms with Gasteiger partial charge in [-0.3, -0.25) is 4.79 Å². The maximum Gasteiger partial charge on any atom is 0.254 e. The van der Waals surface area contributed by atoms with Gasteiger partial charge in [0.15, 0.2) is 0 Å². The fraction of sp³-hybridized carbons (Fsp3) is 0.462. The predicted molar refractivity (Wildman–Crippen MR) is 80.9 cm³/mol. The van der Waals surface area contributed by atoms with Crippen LogP contribution in [0.2, 0.25) is 0 Å². The SMILES string of the molecule is Cc1cc(Br)ccc1C(=O)N1CCCC(S(N)(=O)=O)C1. The molecule has 1 aromatic rings. The zero-order valence-electron chi connectivity index (χ0n) is 11.2. The monoisotopic (exact) mass is 360 g/mol. The minimum atomic E-state index is -3.59. The van der Waals surface area contributed by atoms with Crippen molar-refractivity contribution < 1.29 is 13.2 Å². The molecule has 7 heteroatoms. The van der Waals surface area contributed by atoms with Gasteiger partial charge in [-0.2, -0.15) is 0 Å². The van der Waals surface area contributed by atoms with Crippen molar-refractivity contribution in [2.45, 2.75) is 25.0 Å². The number of aryl methyl sites for hydroxylation is 1. The van der Waals surface area contributed by atoms with Gasteiger partial charge in [-0.1, -0.05) is 15.9 Å². The molecule has 1 atom stereocenters. The number of likely N-dealkylation sites (tertiary alicyclic amines) is 1. The van der Waals surface area contributed by atoms with Gasteiger partial charge in [0, 0.05) is 23.1 Å². The van der Waals surface area contributed by atoms with Gasteiger partial charge in [0.25, 0.3) is 5.91 Å². The van der Waals surface area contributed by atoms with Gasteiger partial charge < -0.3 is 4.90 Å². The molecule has 2 N–H and O–H groups in total. The summed E-state index contributed by atoms with van der Waals surface area (Å²) in [6, 6.07) is 5.43. The number of carbonyl (C=O) groups excluding carboxylic acids is 1. The Balaban J connectivity index is 2.21. The second-order valence-corrected chi connectivity index (χ2v) is 7.82. The third-order valence-electron chi connectivity index (χ3n) is 3.55. The summed E-state index contributed by atoms with van der Waals surface area (Å²) in [5.41, 5.74) is 1.46. The second kappa shape index (κ2) is 5.83. The van der Waals surface area contributed by atoms with Crippen molar-refractivity contribution in [3.05, 3.63) is 33.8 Å². The summed E-state index contributed by atoms with van der Waals surface area (Å²) < 4.78 is 23.8. The summed E-state index contributed by atoms with van der Waals surface area (Å²) in [5.74, 6) is -0.136. The molecule has 2 rings (SSSR count). The van der Waals surface area contributed by atoms with Crippen molar-refractivity contribution in [2.24, 2.45) is 5.14 Å². The number of piperidine rings is 1. The Bertz CT molecular complexity index is 631. The van der Waals surface area contributed by atoms with Crippen LogP contribution in [-0.4, -0.2) is 37.6 Å². The normalized spacial score (nSPS) is 19.9. The number of sulfonamides is 1. The number of nitrogens with two attached hydrogens (primary N) is 1. The van der Waals surface area contributed by atoms with Crippen LogP contribution < -0.4 is 5.14 Å². The minimum Gasteiger partial charge on any atom is -0.337 e. The maximum atomic E-state index is 12.5. The summed E-state index contributed by atoms with van der Waals surface area (Å²) in [4.78, 5) is 14.1. The lowest BCUT2D eigenvalue weighted by Crippen LogP contribution is -2.47. The van der Waals surface area contributed by atoms with Crippen LogP contribution in [0, 0.1) is 6.92 Å². The van der Waals surface area contributed by atoms with E-state index in [0.29, 0.717) is 24.9 Å². The molecule has 1 aromatic carbocycles. The van der Waals surface area contributed by atoms with E-state index in [4.69, 9.17) is 5.14 Å². The fourth-order valence-electron chi connectivity index (χ4n) is 2.43. The smallest absolute Gasteiger partial charge is 0.254 e. The van der Waals surface area contributed by atoms with Gasteiger partial charge in [0.1, 0.15) is 0 Å². The summed E-state index contributed by atoms with van der Waals surface area (Å²) in [5, 5.41) is 4.53. The maximum absolute atomic E-state index is 12.5. The van der Waals surface area contributed by atoms with Crippen LogP contribution in [0.4, 0.5) is 0 Å². The lowest BCUT2D eigenvalue weighted by atomic mass is 10.1. The molecule has 5 nitrogen and oxygen atoms in total. The van der Waals surface area contributed by atoms with E-state index in [1.54, 1.807) is 17.0 Å². The van der Waals surface area contributed by atoms with Crippen molar-refractivity contribution in [3.63, 3.8) is 0 Å². The fourth-order valence-corrected chi connectivity index (χ4v) is 3.79. The lowest BCUT2D eigenvalue weighted by molar-refractivity contribution is 0.0726. The average Bonchev–Trinajstić information content (AvgIpc) is 2.37. The molecule has 20 heavy (non-hydrogen) atoms. The highest BCUT2D eigenvalue weighted by atomic mass is 79.9. The Morgan fingerprint density at radius 2 is 2.15 bits per heavy atom. The Labute approximate surface area is 127 Å². The van der Waals surface area contributed by atoms with E-state index in [-0.39, 0.29) is 12.5 Å². The van der Waals surface area contributed by atoms with Crippen LogP contribution in [-0.2, 0) is 10.0 Å². The highest BCUT2D eigenvalue weighted by molar-refractivity contribution is 9.10. The number of nitrogens with zero attached hydrogens (tertiary/aromatic N) is 1.